The Bertz CT molecular complexity index is 1160. The van der Waals surface area contributed by atoms with Crippen LogP contribution in [0, 0.1) is 13.8 Å². The standard InChI is InChI=1S/C24H24N4OS2/c1-4-13-28-22(14-29-21-8-6-5-7-18(21)3)26-27-24(28)31-16-20-15-30-23(25-20)19-11-9-17(2)10-12-19/h4-12,15H,1,13-14,16H2,2-3H3. The summed E-state index contributed by atoms with van der Waals surface area (Å²) in [6.07, 6.45) is 1.85. The molecule has 0 saturated carbocycles. The fourth-order valence-electron chi connectivity index (χ4n) is 3.05. The number of hydrogen-bond donors (Lipinski definition) is 0. The summed E-state index contributed by atoms with van der Waals surface area (Å²) >= 11 is 3.29. The number of aromatic nitrogens is 4. The first kappa shape index (κ1) is 21.3. The highest BCUT2D eigenvalue weighted by Crippen LogP contribution is 2.28. The van der Waals surface area contributed by atoms with E-state index in [1.807, 2.05) is 41.8 Å². The van der Waals surface area contributed by atoms with Crippen LogP contribution in [-0.2, 0) is 18.9 Å². The first-order valence-corrected chi connectivity index (χ1v) is 11.9. The van der Waals surface area contributed by atoms with Crippen LogP contribution in [0.2, 0.25) is 0 Å². The number of allylic oxidation sites excluding steroid dienone is 1. The van der Waals surface area contributed by atoms with Crippen molar-refractivity contribution in [1.29, 1.82) is 0 Å². The van der Waals surface area contributed by atoms with E-state index in [9.17, 15) is 0 Å². The normalized spacial score (nSPS) is 10.9. The molecule has 4 aromatic rings. The van der Waals surface area contributed by atoms with E-state index >= 15 is 0 Å². The lowest BCUT2D eigenvalue weighted by Gasteiger charge is -2.10. The van der Waals surface area contributed by atoms with Crippen molar-refractivity contribution in [3.8, 4) is 16.3 Å². The van der Waals surface area contributed by atoms with E-state index in [1.54, 1.807) is 23.1 Å². The van der Waals surface area contributed by atoms with Crippen molar-refractivity contribution >= 4 is 23.1 Å². The first-order valence-electron chi connectivity index (χ1n) is 9.99. The molecule has 0 aliphatic heterocycles. The van der Waals surface area contributed by atoms with Crippen LogP contribution in [0.25, 0.3) is 10.6 Å². The SMILES string of the molecule is C=CCn1c(COc2ccccc2C)nnc1SCc1csc(-c2ccc(C)cc2)n1. The molecule has 4 rings (SSSR count). The number of para-hydroxylation sites is 1. The van der Waals surface area contributed by atoms with Crippen molar-refractivity contribution in [2.24, 2.45) is 0 Å². The van der Waals surface area contributed by atoms with Crippen molar-refractivity contribution in [2.45, 2.75) is 37.9 Å². The molecule has 7 heteroatoms. The van der Waals surface area contributed by atoms with Gasteiger partial charge < -0.3 is 4.74 Å². The predicted octanol–water partition coefficient (Wildman–Crippen LogP) is 6.08. The molecule has 0 atom stereocenters. The van der Waals surface area contributed by atoms with Gasteiger partial charge in [-0.05, 0) is 25.5 Å². The van der Waals surface area contributed by atoms with Gasteiger partial charge in [-0.1, -0.05) is 65.9 Å². The topological polar surface area (TPSA) is 52.8 Å². The summed E-state index contributed by atoms with van der Waals surface area (Å²) in [5.41, 5.74) is 4.54. The number of aryl methyl sites for hydroxylation is 2. The summed E-state index contributed by atoms with van der Waals surface area (Å²) in [5.74, 6) is 2.37. The molecule has 0 radical (unpaired) electrons. The highest BCUT2D eigenvalue weighted by atomic mass is 32.2. The Kier molecular flexibility index (Phi) is 6.84. The molecule has 0 fully saturated rings. The smallest absolute Gasteiger partial charge is 0.191 e. The van der Waals surface area contributed by atoms with Gasteiger partial charge in [0.1, 0.15) is 17.4 Å². The number of rotatable bonds is 9. The van der Waals surface area contributed by atoms with Gasteiger partial charge in [0.2, 0.25) is 0 Å². The Morgan fingerprint density at radius 2 is 1.90 bits per heavy atom. The van der Waals surface area contributed by atoms with Crippen molar-refractivity contribution in [3.05, 3.63) is 89.2 Å². The van der Waals surface area contributed by atoms with Gasteiger partial charge in [0.25, 0.3) is 0 Å². The highest BCUT2D eigenvalue weighted by molar-refractivity contribution is 7.98. The molecule has 0 unspecified atom stereocenters. The molecular weight excluding hydrogens is 424 g/mol. The van der Waals surface area contributed by atoms with Gasteiger partial charge in [-0.15, -0.1) is 28.1 Å². The summed E-state index contributed by atoms with van der Waals surface area (Å²) in [6, 6.07) is 16.4. The van der Waals surface area contributed by atoms with Gasteiger partial charge in [-0.2, -0.15) is 0 Å². The van der Waals surface area contributed by atoms with Gasteiger partial charge in [0, 0.05) is 23.2 Å². The molecule has 0 spiro atoms. The number of nitrogens with zero attached hydrogens (tertiary/aromatic N) is 4. The minimum atomic E-state index is 0.362. The number of ether oxygens (including phenoxy) is 1. The van der Waals surface area contributed by atoms with Crippen LogP contribution in [0.3, 0.4) is 0 Å². The Labute approximate surface area is 190 Å². The average Bonchev–Trinajstić information content (AvgIpc) is 3.40. The Balaban J connectivity index is 1.43. The van der Waals surface area contributed by atoms with E-state index in [4.69, 9.17) is 9.72 Å². The second-order valence-corrected chi connectivity index (χ2v) is 8.95. The lowest BCUT2D eigenvalue weighted by Crippen LogP contribution is -2.08. The maximum absolute atomic E-state index is 5.97. The molecule has 2 aromatic carbocycles. The summed E-state index contributed by atoms with van der Waals surface area (Å²) in [7, 11) is 0. The highest BCUT2D eigenvalue weighted by Gasteiger charge is 2.14. The zero-order valence-corrected chi connectivity index (χ0v) is 19.2. The second-order valence-electron chi connectivity index (χ2n) is 7.15. The fourth-order valence-corrected chi connectivity index (χ4v) is 4.84. The number of benzene rings is 2. The van der Waals surface area contributed by atoms with Crippen molar-refractivity contribution in [3.63, 3.8) is 0 Å². The minimum absolute atomic E-state index is 0.362. The molecule has 5 nitrogen and oxygen atoms in total. The Morgan fingerprint density at radius 3 is 2.68 bits per heavy atom. The maximum atomic E-state index is 5.97. The third-order valence-electron chi connectivity index (χ3n) is 4.75. The molecule has 0 saturated heterocycles. The third-order valence-corrected chi connectivity index (χ3v) is 6.70. The van der Waals surface area contributed by atoms with Crippen LogP contribution in [0.4, 0.5) is 0 Å². The fraction of sp³-hybridized carbons (Fsp3) is 0.208. The predicted molar refractivity (Wildman–Crippen MR) is 128 cm³/mol. The summed E-state index contributed by atoms with van der Waals surface area (Å²) < 4.78 is 8.01. The van der Waals surface area contributed by atoms with Gasteiger partial charge in [0.15, 0.2) is 11.0 Å². The van der Waals surface area contributed by atoms with Crippen LogP contribution in [0.15, 0.2) is 71.7 Å². The third kappa shape index (κ3) is 5.24. The quantitative estimate of drug-likeness (QED) is 0.230. The zero-order valence-electron chi connectivity index (χ0n) is 17.6. The molecule has 0 bridgehead atoms. The van der Waals surface area contributed by atoms with Crippen LogP contribution in [0.5, 0.6) is 5.75 Å². The van der Waals surface area contributed by atoms with E-state index in [1.165, 1.54) is 5.56 Å². The molecule has 158 valence electrons. The molecule has 0 amide bonds. The molecule has 2 heterocycles. The zero-order chi connectivity index (χ0) is 21.6. The Hall–Kier alpha value is -2.90. The first-order chi connectivity index (χ1) is 15.1. The summed E-state index contributed by atoms with van der Waals surface area (Å²) in [6.45, 7) is 8.99. The van der Waals surface area contributed by atoms with Crippen molar-refractivity contribution < 1.29 is 4.74 Å². The van der Waals surface area contributed by atoms with Gasteiger partial charge in [-0.25, -0.2) is 4.98 Å². The van der Waals surface area contributed by atoms with Gasteiger partial charge >= 0.3 is 0 Å². The number of hydrogen-bond acceptors (Lipinski definition) is 6. The van der Waals surface area contributed by atoms with Crippen LogP contribution in [0.1, 0.15) is 22.6 Å². The van der Waals surface area contributed by atoms with Crippen LogP contribution in [-0.4, -0.2) is 19.7 Å². The Morgan fingerprint density at radius 1 is 1.10 bits per heavy atom. The number of thiazole rings is 1. The largest absolute Gasteiger partial charge is 0.485 e. The van der Waals surface area contributed by atoms with E-state index in [0.717, 1.165) is 44.3 Å². The second kappa shape index (κ2) is 9.94. The van der Waals surface area contributed by atoms with E-state index < -0.39 is 0 Å². The van der Waals surface area contributed by atoms with Crippen LogP contribution < -0.4 is 4.74 Å². The van der Waals surface area contributed by atoms with Crippen molar-refractivity contribution in [2.75, 3.05) is 0 Å². The molecule has 31 heavy (non-hydrogen) atoms. The lowest BCUT2D eigenvalue weighted by atomic mass is 10.2. The minimum Gasteiger partial charge on any atom is -0.485 e. The van der Waals surface area contributed by atoms with Crippen molar-refractivity contribution in [1.82, 2.24) is 19.7 Å². The average molecular weight is 449 g/mol. The molecule has 0 N–H and O–H groups in total. The van der Waals surface area contributed by atoms with Crippen LogP contribution >= 0.6 is 23.1 Å². The van der Waals surface area contributed by atoms with E-state index in [0.29, 0.717) is 13.2 Å². The summed E-state index contributed by atoms with van der Waals surface area (Å²) in [5, 5.41) is 12.7. The maximum Gasteiger partial charge on any atom is 0.191 e. The number of thioether (sulfide) groups is 1. The van der Waals surface area contributed by atoms with E-state index in [-0.39, 0.29) is 0 Å². The molecular formula is C24H24N4OS2. The van der Waals surface area contributed by atoms with Gasteiger partial charge in [-0.3, -0.25) is 4.57 Å². The monoisotopic (exact) mass is 448 g/mol. The lowest BCUT2D eigenvalue weighted by molar-refractivity contribution is 0.287. The summed E-state index contributed by atoms with van der Waals surface area (Å²) in [4.78, 5) is 4.79. The molecule has 0 aliphatic rings. The molecule has 0 aliphatic carbocycles. The van der Waals surface area contributed by atoms with Gasteiger partial charge in [0.05, 0.1) is 5.69 Å². The van der Waals surface area contributed by atoms with E-state index in [2.05, 4.69) is 53.3 Å². The molecule has 2 aromatic heterocycles.